The van der Waals surface area contributed by atoms with Gasteiger partial charge in [0.1, 0.15) is 11.5 Å². The van der Waals surface area contributed by atoms with E-state index in [1.165, 1.54) is 23.2 Å². The molecule has 0 fully saturated rings. The molecule has 3 rings (SSSR count). The predicted molar refractivity (Wildman–Crippen MR) is 111 cm³/mol. The van der Waals surface area contributed by atoms with Gasteiger partial charge in [0.2, 0.25) is 0 Å². The number of carbonyl (C=O) groups excluding carboxylic acids is 2. The van der Waals surface area contributed by atoms with Crippen LogP contribution >= 0.6 is 22.9 Å². The molecule has 2 amide bonds. The molecule has 142 valence electrons. The van der Waals surface area contributed by atoms with Crippen LogP contribution in [0.5, 0.6) is 0 Å². The van der Waals surface area contributed by atoms with E-state index in [1.807, 2.05) is 6.92 Å². The molecule has 27 heavy (non-hydrogen) atoms. The fourth-order valence-corrected chi connectivity index (χ4v) is 3.98. The lowest BCUT2D eigenvalue weighted by atomic mass is 10.2. The van der Waals surface area contributed by atoms with Crippen molar-refractivity contribution in [2.24, 2.45) is 4.99 Å². The van der Waals surface area contributed by atoms with Crippen molar-refractivity contribution in [1.29, 1.82) is 0 Å². The molecule has 0 aliphatic carbocycles. The average molecular weight is 405 g/mol. The van der Waals surface area contributed by atoms with Crippen LogP contribution < -0.4 is 10.2 Å². The maximum atomic E-state index is 13.1. The highest BCUT2D eigenvalue weighted by molar-refractivity contribution is 7.16. The number of amidine groups is 1. The fourth-order valence-electron chi connectivity index (χ4n) is 2.87. The minimum atomic E-state index is -0.346. The van der Waals surface area contributed by atoms with Gasteiger partial charge in [-0.2, -0.15) is 0 Å². The second kappa shape index (κ2) is 8.63. The Balaban J connectivity index is 1.95. The van der Waals surface area contributed by atoms with Crippen molar-refractivity contribution in [1.82, 2.24) is 4.98 Å². The fraction of sp³-hybridized carbons (Fsp3) is 0.368. The van der Waals surface area contributed by atoms with Crippen LogP contribution in [-0.4, -0.2) is 29.2 Å². The van der Waals surface area contributed by atoms with E-state index in [0.717, 1.165) is 24.1 Å². The number of aromatic nitrogens is 1. The number of amides is 2. The second-order valence-corrected chi connectivity index (χ2v) is 7.96. The molecular formula is C19H21ClN4O2S. The first-order valence-electron chi connectivity index (χ1n) is 8.84. The first kappa shape index (κ1) is 19.5. The summed E-state index contributed by atoms with van der Waals surface area (Å²) in [5.41, 5.74) is 1.03. The van der Waals surface area contributed by atoms with Crippen molar-refractivity contribution in [2.75, 3.05) is 16.8 Å². The molecular weight excluding hydrogens is 384 g/mol. The Morgan fingerprint density at radius 1 is 1.19 bits per heavy atom. The van der Waals surface area contributed by atoms with Gasteiger partial charge in [0, 0.05) is 35.5 Å². The van der Waals surface area contributed by atoms with E-state index < -0.39 is 0 Å². The molecule has 0 bridgehead atoms. The summed E-state index contributed by atoms with van der Waals surface area (Å²) in [6.45, 7) is 4.00. The smallest absolute Gasteiger partial charge is 0.307 e. The Morgan fingerprint density at radius 3 is 2.59 bits per heavy atom. The number of hydrogen-bond acceptors (Lipinski definition) is 5. The van der Waals surface area contributed by atoms with Crippen LogP contribution in [0.2, 0.25) is 5.02 Å². The first-order chi connectivity index (χ1) is 13.0. The molecule has 0 radical (unpaired) electrons. The summed E-state index contributed by atoms with van der Waals surface area (Å²) in [4.78, 5) is 36.2. The Labute approximate surface area is 167 Å². The third kappa shape index (κ3) is 4.73. The number of ketones is 1. The minimum absolute atomic E-state index is 0.115. The van der Waals surface area contributed by atoms with E-state index in [-0.39, 0.29) is 11.8 Å². The van der Waals surface area contributed by atoms with Gasteiger partial charge in [-0.25, -0.2) is 14.7 Å². The highest BCUT2D eigenvalue weighted by Crippen LogP contribution is 2.29. The van der Waals surface area contributed by atoms with E-state index in [1.54, 1.807) is 24.3 Å². The Hall–Kier alpha value is -2.25. The maximum absolute atomic E-state index is 13.1. The summed E-state index contributed by atoms with van der Waals surface area (Å²) < 4.78 is 0. The lowest BCUT2D eigenvalue weighted by Crippen LogP contribution is -2.40. The third-order valence-electron chi connectivity index (χ3n) is 4.22. The summed E-state index contributed by atoms with van der Waals surface area (Å²) in [5.74, 6) is 0.568. The summed E-state index contributed by atoms with van der Waals surface area (Å²) in [6, 6.07) is 6.56. The number of hydrogen-bond donors (Lipinski definition) is 1. The van der Waals surface area contributed by atoms with Gasteiger partial charge in [-0.15, -0.1) is 11.3 Å². The lowest BCUT2D eigenvalue weighted by Gasteiger charge is -2.22. The molecule has 1 aliphatic rings. The molecule has 0 spiro atoms. The zero-order valence-corrected chi connectivity index (χ0v) is 16.9. The van der Waals surface area contributed by atoms with Crippen molar-refractivity contribution < 1.29 is 9.59 Å². The molecule has 2 heterocycles. The number of Topliss-reactive ketones (excluding diaryl/α,β-unsaturated/α-hetero) is 1. The first-order valence-corrected chi connectivity index (χ1v) is 10.0. The van der Waals surface area contributed by atoms with Gasteiger partial charge in [-0.1, -0.05) is 18.0 Å². The van der Waals surface area contributed by atoms with Crippen LogP contribution in [0.4, 0.5) is 15.6 Å². The molecule has 0 saturated carbocycles. The number of urea groups is 1. The number of nitrogens with zero attached hydrogens (tertiary/aromatic N) is 3. The summed E-state index contributed by atoms with van der Waals surface area (Å²) in [5, 5.41) is 3.93. The Kier molecular flexibility index (Phi) is 6.23. The highest BCUT2D eigenvalue weighted by Gasteiger charge is 2.27. The predicted octanol–water partition coefficient (Wildman–Crippen LogP) is 5.32. The second-order valence-electron chi connectivity index (χ2n) is 6.34. The van der Waals surface area contributed by atoms with Crippen LogP contribution in [0.25, 0.3) is 0 Å². The number of benzene rings is 1. The zero-order chi connectivity index (χ0) is 19.4. The molecule has 1 aromatic carbocycles. The molecule has 1 N–H and O–H groups in total. The van der Waals surface area contributed by atoms with Crippen LogP contribution in [-0.2, 0) is 0 Å². The number of carbonyl (C=O) groups is 2. The molecule has 1 aliphatic heterocycles. The van der Waals surface area contributed by atoms with E-state index in [4.69, 9.17) is 11.6 Å². The third-order valence-corrected chi connectivity index (χ3v) is 5.43. The lowest BCUT2D eigenvalue weighted by molar-refractivity contribution is 0.101. The molecule has 1 aromatic heterocycles. The SMILES string of the molecule is CC(=O)c1nc(N(C(=O)Nc2ccc(Cl)cc2)C2=NCCCCC2)sc1C. The topological polar surface area (TPSA) is 74.7 Å². The molecule has 0 unspecified atom stereocenters. The number of rotatable bonds is 3. The van der Waals surface area contributed by atoms with Crippen LogP contribution in [0.3, 0.4) is 0 Å². The van der Waals surface area contributed by atoms with Crippen molar-refractivity contribution in [3.63, 3.8) is 0 Å². The van der Waals surface area contributed by atoms with E-state index in [0.29, 0.717) is 40.3 Å². The van der Waals surface area contributed by atoms with E-state index in [2.05, 4.69) is 15.3 Å². The van der Waals surface area contributed by atoms with Crippen LogP contribution in [0.15, 0.2) is 29.3 Å². The molecule has 6 nitrogen and oxygen atoms in total. The summed E-state index contributed by atoms with van der Waals surface area (Å²) >= 11 is 7.24. The number of aliphatic imine (C=N–C) groups is 1. The Morgan fingerprint density at radius 2 is 1.93 bits per heavy atom. The number of anilines is 2. The molecule has 8 heteroatoms. The van der Waals surface area contributed by atoms with E-state index in [9.17, 15) is 9.59 Å². The van der Waals surface area contributed by atoms with Gasteiger partial charge >= 0.3 is 6.03 Å². The number of aryl methyl sites for hydroxylation is 1. The normalized spacial score (nSPS) is 14.3. The van der Waals surface area contributed by atoms with Gasteiger partial charge in [0.15, 0.2) is 10.9 Å². The standard InChI is InChI=1S/C19H21ClN4O2S/c1-12(25)17-13(2)27-19(23-17)24(16-6-4-3-5-11-21-16)18(26)22-15-9-7-14(20)8-10-15/h7-10H,3-6,11H2,1-2H3,(H,22,26). The van der Waals surface area contributed by atoms with Gasteiger partial charge in [-0.3, -0.25) is 9.79 Å². The van der Waals surface area contributed by atoms with Crippen molar-refractivity contribution in [3.05, 3.63) is 39.9 Å². The maximum Gasteiger partial charge on any atom is 0.333 e. The van der Waals surface area contributed by atoms with Crippen LogP contribution in [0.1, 0.15) is 48.0 Å². The quantitative estimate of drug-likeness (QED) is 0.703. The monoisotopic (exact) mass is 404 g/mol. The summed E-state index contributed by atoms with van der Waals surface area (Å²) in [7, 11) is 0. The van der Waals surface area contributed by atoms with Gasteiger partial charge in [0.05, 0.1) is 0 Å². The number of thiazole rings is 1. The molecule has 0 atom stereocenters. The highest BCUT2D eigenvalue weighted by atomic mass is 35.5. The zero-order valence-electron chi connectivity index (χ0n) is 15.3. The Bertz CT molecular complexity index is 876. The summed E-state index contributed by atoms with van der Waals surface area (Å²) in [6.07, 6.45) is 3.75. The molecule has 0 saturated heterocycles. The van der Waals surface area contributed by atoms with Gasteiger partial charge in [-0.05, 0) is 44.0 Å². The number of halogens is 1. The minimum Gasteiger partial charge on any atom is -0.307 e. The number of nitrogens with one attached hydrogen (secondary N) is 1. The largest absolute Gasteiger partial charge is 0.333 e. The van der Waals surface area contributed by atoms with Crippen molar-refractivity contribution in [2.45, 2.75) is 39.5 Å². The van der Waals surface area contributed by atoms with Gasteiger partial charge in [0.25, 0.3) is 0 Å². The molecule has 2 aromatic rings. The van der Waals surface area contributed by atoms with Gasteiger partial charge < -0.3 is 5.32 Å². The average Bonchev–Trinajstić information content (AvgIpc) is 2.83. The van der Waals surface area contributed by atoms with Crippen molar-refractivity contribution >= 4 is 51.4 Å². The van der Waals surface area contributed by atoms with Crippen molar-refractivity contribution in [3.8, 4) is 0 Å². The van der Waals surface area contributed by atoms with E-state index >= 15 is 0 Å². The van der Waals surface area contributed by atoms with Crippen LogP contribution in [0, 0.1) is 6.92 Å².